The molecule has 0 radical (unpaired) electrons. The van der Waals surface area contributed by atoms with Crippen LogP contribution in [0.1, 0.15) is 30.5 Å². The number of ether oxygens (including phenoxy) is 1. The SMILES string of the molecule is Cc1ccc(NC(=O)COC(=O)[C@@H]2CC(=O)N([C@H](C)c3ccccc3)C2)cc1F. The molecule has 1 fully saturated rings. The van der Waals surface area contributed by atoms with Crippen molar-refractivity contribution in [3.05, 3.63) is 65.5 Å². The van der Waals surface area contributed by atoms with Crippen LogP contribution in [0.4, 0.5) is 10.1 Å². The van der Waals surface area contributed by atoms with Crippen LogP contribution in [0.2, 0.25) is 0 Å². The number of halogens is 1. The topological polar surface area (TPSA) is 75.7 Å². The van der Waals surface area contributed by atoms with E-state index in [-0.39, 0.29) is 30.6 Å². The first-order chi connectivity index (χ1) is 13.8. The number of nitrogens with one attached hydrogen (secondary N) is 1. The minimum Gasteiger partial charge on any atom is -0.455 e. The molecule has 152 valence electrons. The van der Waals surface area contributed by atoms with Crippen molar-refractivity contribution in [2.45, 2.75) is 26.3 Å². The summed E-state index contributed by atoms with van der Waals surface area (Å²) in [5, 5.41) is 2.48. The van der Waals surface area contributed by atoms with Gasteiger partial charge >= 0.3 is 5.97 Å². The standard InChI is InChI=1S/C22H23FN2O4/c1-14-8-9-18(11-19(14)23)24-20(26)13-29-22(28)17-10-21(27)25(12-17)15(2)16-6-4-3-5-7-16/h3-9,11,15,17H,10,12-13H2,1-2H3,(H,24,26)/t15-,17-/m1/s1. The number of benzene rings is 2. The third-order valence-corrected chi connectivity index (χ3v) is 5.04. The molecule has 7 heteroatoms. The third-order valence-electron chi connectivity index (χ3n) is 5.04. The van der Waals surface area contributed by atoms with Gasteiger partial charge in [-0.1, -0.05) is 36.4 Å². The maximum atomic E-state index is 13.5. The van der Waals surface area contributed by atoms with E-state index >= 15 is 0 Å². The Kier molecular flexibility index (Phi) is 6.26. The number of likely N-dealkylation sites (tertiary alicyclic amines) is 1. The van der Waals surface area contributed by atoms with E-state index in [4.69, 9.17) is 4.74 Å². The normalized spacial score (nSPS) is 17.1. The van der Waals surface area contributed by atoms with E-state index in [1.807, 2.05) is 37.3 Å². The van der Waals surface area contributed by atoms with Gasteiger partial charge in [0.1, 0.15) is 5.82 Å². The maximum Gasteiger partial charge on any atom is 0.311 e. The molecule has 0 aliphatic carbocycles. The summed E-state index contributed by atoms with van der Waals surface area (Å²) < 4.78 is 18.6. The van der Waals surface area contributed by atoms with E-state index in [1.165, 1.54) is 6.07 Å². The van der Waals surface area contributed by atoms with Gasteiger partial charge < -0.3 is 15.0 Å². The van der Waals surface area contributed by atoms with Gasteiger partial charge in [0.05, 0.1) is 12.0 Å². The van der Waals surface area contributed by atoms with Crippen molar-refractivity contribution in [1.29, 1.82) is 0 Å². The van der Waals surface area contributed by atoms with Crippen LogP contribution in [0.15, 0.2) is 48.5 Å². The molecule has 0 unspecified atom stereocenters. The zero-order valence-corrected chi connectivity index (χ0v) is 16.4. The fourth-order valence-corrected chi connectivity index (χ4v) is 3.30. The third kappa shape index (κ3) is 4.99. The number of carbonyl (C=O) groups excluding carboxylic acids is 3. The summed E-state index contributed by atoms with van der Waals surface area (Å²) in [6, 6.07) is 13.7. The van der Waals surface area contributed by atoms with Crippen molar-refractivity contribution in [3.8, 4) is 0 Å². The Bertz CT molecular complexity index is 916. The van der Waals surface area contributed by atoms with Gasteiger partial charge in [0, 0.05) is 18.7 Å². The molecule has 0 aromatic heterocycles. The Morgan fingerprint density at radius 2 is 1.97 bits per heavy atom. The highest BCUT2D eigenvalue weighted by Crippen LogP contribution is 2.29. The van der Waals surface area contributed by atoms with Crippen molar-refractivity contribution in [2.24, 2.45) is 5.92 Å². The van der Waals surface area contributed by atoms with Crippen molar-refractivity contribution in [1.82, 2.24) is 4.90 Å². The van der Waals surface area contributed by atoms with E-state index in [0.29, 0.717) is 5.56 Å². The number of nitrogens with zero attached hydrogens (tertiary/aromatic N) is 1. The molecular weight excluding hydrogens is 375 g/mol. The highest BCUT2D eigenvalue weighted by Gasteiger charge is 2.38. The summed E-state index contributed by atoms with van der Waals surface area (Å²) in [7, 11) is 0. The lowest BCUT2D eigenvalue weighted by molar-refractivity contribution is -0.151. The van der Waals surface area contributed by atoms with Crippen LogP contribution in [0.25, 0.3) is 0 Å². The molecule has 29 heavy (non-hydrogen) atoms. The van der Waals surface area contributed by atoms with Gasteiger partial charge in [-0.15, -0.1) is 0 Å². The number of amides is 2. The Morgan fingerprint density at radius 3 is 2.66 bits per heavy atom. The highest BCUT2D eigenvalue weighted by molar-refractivity contribution is 5.93. The smallest absolute Gasteiger partial charge is 0.311 e. The van der Waals surface area contributed by atoms with Crippen LogP contribution in [0.3, 0.4) is 0 Å². The highest BCUT2D eigenvalue weighted by atomic mass is 19.1. The summed E-state index contributed by atoms with van der Waals surface area (Å²) in [5.41, 5.74) is 1.74. The van der Waals surface area contributed by atoms with Gasteiger partial charge in [-0.25, -0.2) is 4.39 Å². The molecule has 1 aliphatic rings. The Balaban J connectivity index is 1.51. The molecule has 1 heterocycles. The van der Waals surface area contributed by atoms with Gasteiger partial charge in [-0.3, -0.25) is 14.4 Å². The number of esters is 1. The number of anilines is 1. The number of hydrogen-bond donors (Lipinski definition) is 1. The molecule has 1 aliphatic heterocycles. The predicted molar refractivity (Wildman–Crippen MR) is 105 cm³/mol. The van der Waals surface area contributed by atoms with Crippen LogP contribution in [-0.2, 0) is 19.1 Å². The second-order valence-corrected chi connectivity index (χ2v) is 7.15. The van der Waals surface area contributed by atoms with E-state index in [2.05, 4.69) is 5.32 Å². The Morgan fingerprint density at radius 1 is 1.24 bits per heavy atom. The van der Waals surface area contributed by atoms with Crippen LogP contribution in [0, 0.1) is 18.7 Å². The summed E-state index contributed by atoms with van der Waals surface area (Å²) in [5.74, 6) is -2.33. The van der Waals surface area contributed by atoms with Crippen LogP contribution in [0.5, 0.6) is 0 Å². The lowest BCUT2D eigenvalue weighted by Crippen LogP contribution is -2.30. The zero-order chi connectivity index (χ0) is 21.0. The molecule has 2 aromatic carbocycles. The van der Waals surface area contributed by atoms with Crippen molar-refractivity contribution < 1.29 is 23.5 Å². The summed E-state index contributed by atoms with van der Waals surface area (Å²) in [6.45, 7) is 3.29. The number of aryl methyl sites for hydroxylation is 1. The molecule has 2 amide bonds. The molecule has 1 N–H and O–H groups in total. The van der Waals surface area contributed by atoms with Gasteiger partial charge in [-0.2, -0.15) is 0 Å². The first kappa shape index (κ1) is 20.5. The van der Waals surface area contributed by atoms with Crippen molar-refractivity contribution in [2.75, 3.05) is 18.5 Å². The first-order valence-electron chi connectivity index (χ1n) is 9.42. The molecule has 6 nitrogen and oxygen atoms in total. The molecule has 0 spiro atoms. The minimum atomic E-state index is -0.613. The monoisotopic (exact) mass is 398 g/mol. The van der Waals surface area contributed by atoms with E-state index in [0.717, 1.165) is 5.56 Å². The summed E-state index contributed by atoms with van der Waals surface area (Å²) in [6.07, 6.45) is 0.0563. The molecule has 2 atom stereocenters. The van der Waals surface area contributed by atoms with Gasteiger partial charge in [0.15, 0.2) is 6.61 Å². The summed E-state index contributed by atoms with van der Waals surface area (Å²) >= 11 is 0. The predicted octanol–water partition coefficient (Wildman–Crippen LogP) is 3.23. The molecular formula is C22H23FN2O4. The van der Waals surface area contributed by atoms with Crippen LogP contribution >= 0.6 is 0 Å². The van der Waals surface area contributed by atoms with Gasteiger partial charge in [0.2, 0.25) is 5.91 Å². The average molecular weight is 398 g/mol. The van der Waals surface area contributed by atoms with Crippen LogP contribution < -0.4 is 5.32 Å². The number of rotatable bonds is 6. The Hall–Kier alpha value is -3.22. The minimum absolute atomic E-state index is 0.0563. The molecule has 2 aromatic rings. The first-order valence-corrected chi connectivity index (χ1v) is 9.42. The molecule has 1 saturated heterocycles. The fraction of sp³-hybridized carbons (Fsp3) is 0.318. The lowest BCUT2D eigenvalue weighted by Gasteiger charge is -2.25. The van der Waals surface area contributed by atoms with Crippen molar-refractivity contribution >= 4 is 23.5 Å². The largest absolute Gasteiger partial charge is 0.455 e. The number of carbonyl (C=O) groups is 3. The average Bonchev–Trinajstić information content (AvgIpc) is 3.11. The molecule has 3 rings (SSSR count). The van der Waals surface area contributed by atoms with E-state index in [1.54, 1.807) is 24.0 Å². The number of hydrogen-bond acceptors (Lipinski definition) is 4. The molecule has 0 saturated carbocycles. The fourth-order valence-electron chi connectivity index (χ4n) is 3.30. The quantitative estimate of drug-likeness (QED) is 0.758. The lowest BCUT2D eigenvalue weighted by atomic mass is 10.1. The Labute approximate surface area is 168 Å². The zero-order valence-electron chi connectivity index (χ0n) is 16.4. The van der Waals surface area contributed by atoms with E-state index in [9.17, 15) is 18.8 Å². The van der Waals surface area contributed by atoms with Gasteiger partial charge in [0.25, 0.3) is 5.91 Å². The second kappa shape index (κ2) is 8.86. The molecule has 0 bridgehead atoms. The maximum absolute atomic E-state index is 13.5. The second-order valence-electron chi connectivity index (χ2n) is 7.15. The van der Waals surface area contributed by atoms with Crippen molar-refractivity contribution in [3.63, 3.8) is 0 Å². The van der Waals surface area contributed by atoms with Crippen LogP contribution in [-0.4, -0.2) is 35.8 Å². The van der Waals surface area contributed by atoms with Gasteiger partial charge in [-0.05, 0) is 37.1 Å². The van der Waals surface area contributed by atoms with E-state index < -0.39 is 30.2 Å². The summed E-state index contributed by atoms with van der Waals surface area (Å²) in [4.78, 5) is 38.3.